The molecule has 0 amide bonds. The molecule has 0 spiro atoms. The average molecular weight is 251 g/mol. The van der Waals surface area contributed by atoms with Crippen molar-refractivity contribution < 1.29 is 4.92 Å². The van der Waals surface area contributed by atoms with Crippen molar-refractivity contribution in [3.05, 3.63) is 64.8 Å². The van der Waals surface area contributed by atoms with Crippen molar-refractivity contribution >= 4 is 16.6 Å². The van der Waals surface area contributed by atoms with Gasteiger partial charge < -0.3 is 0 Å². The minimum atomic E-state index is -0.468. The second kappa shape index (κ2) is 4.45. The quantitative estimate of drug-likeness (QED) is 0.518. The summed E-state index contributed by atoms with van der Waals surface area (Å²) in [5, 5.41) is 11.6. The van der Waals surface area contributed by atoms with Crippen LogP contribution in [-0.2, 0) is 0 Å². The molecule has 3 rings (SSSR count). The van der Waals surface area contributed by atoms with E-state index < -0.39 is 4.92 Å². The summed E-state index contributed by atoms with van der Waals surface area (Å²) in [6, 6.07) is 14.6. The second-order valence-electron chi connectivity index (χ2n) is 4.05. The third kappa shape index (κ3) is 2.13. The highest BCUT2D eigenvalue weighted by Crippen LogP contribution is 2.20. The molecule has 0 bridgehead atoms. The first-order chi connectivity index (χ1) is 9.24. The summed E-state index contributed by atoms with van der Waals surface area (Å²) in [6.07, 6.45) is 1.24. The van der Waals surface area contributed by atoms with Gasteiger partial charge in [-0.2, -0.15) is 0 Å². The first-order valence-electron chi connectivity index (χ1n) is 5.71. The Kier molecular flexibility index (Phi) is 2.64. The fraction of sp³-hybridized carbons (Fsp3) is 0. The van der Waals surface area contributed by atoms with Crippen LogP contribution in [0.4, 0.5) is 5.69 Å². The van der Waals surface area contributed by atoms with Gasteiger partial charge in [0.1, 0.15) is 6.20 Å². The molecule has 0 fully saturated rings. The van der Waals surface area contributed by atoms with E-state index in [4.69, 9.17) is 0 Å². The summed E-state index contributed by atoms with van der Waals surface area (Å²) in [5.41, 5.74) is 2.18. The fourth-order valence-corrected chi connectivity index (χ4v) is 1.85. The normalized spacial score (nSPS) is 10.5. The number of fused-ring (bicyclic) bond motifs is 1. The molecule has 0 N–H and O–H groups in total. The van der Waals surface area contributed by atoms with Crippen LogP contribution in [0, 0.1) is 10.1 Å². The Hall–Kier alpha value is -2.82. The van der Waals surface area contributed by atoms with Crippen molar-refractivity contribution in [2.45, 2.75) is 0 Å². The first kappa shape index (κ1) is 11.3. The van der Waals surface area contributed by atoms with Crippen molar-refractivity contribution in [3.8, 4) is 11.4 Å². The fourth-order valence-electron chi connectivity index (χ4n) is 1.85. The third-order valence-electron chi connectivity index (χ3n) is 2.82. The SMILES string of the molecule is O=[N+]([O-])c1ccc(-c2ccc3ccccc3n2)nc1. The van der Waals surface area contributed by atoms with Gasteiger partial charge in [-0.05, 0) is 18.2 Å². The highest BCUT2D eigenvalue weighted by Gasteiger charge is 2.07. The standard InChI is InChI=1S/C14H9N3O2/c18-17(19)11-6-8-13(15-9-11)14-7-5-10-3-1-2-4-12(10)16-14/h1-9H. The Morgan fingerprint density at radius 3 is 2.47 bits per heavy atom. The second-order valence-corrected chi connectivity index (χ2v) is 4.05. The summed E-state index contributed by atoms with van der Waals surface area (Å²) < 4.78 is 0. The van der Waals surface area contributed by atoms with E-state index in [1.165, 1.54) is 12.3 Å². The van der Waals surface area contributed by atoms with Crippen LogP contribution >= 0.6 is 0 Å². The van der Waals surface area contributed by atoms with Crippen LogP contribution in [-0.4, -0.2) is 14.9 Å². The maximum atomic E-state index is 10.6. The molecule has 0 atom stereocenters. The minimum Gasteiger partial charge on any atom is -0.258 e. The Bertz CT molecular complexity index is 754. The van der Waals surface area contributed by atoms with Gasteiger partial charge in [0.2, 0.25) is 0 Å². The van der Waals surface area contributed by atoms with Crippen LogP contribution < -0.4 is 0 Å². The molecule has 2 heterocycles. The zero-order chi connectivity index (χ0) is 13.2. The molecule has 0 unspecified atom stereocenters. The molecule has 0 radical (unpaired) electrons. The lowest BCUT2D eigenvalue weighted by molar-refractivity contribution is -0.385. The van der Waals surface area contributed by atoms with Gasteiger partial charge in [-0.1, -0.05) is 24.3 Å². The van der Waals surface area contributed by atoms with E-state index in [-0.39, 0.29) is 5.69 Å². The van der Waals surface area contributed by atoms with Gasteiger partial charge in [-0.15, -0.1) is 0 Å². The molecule has 0 saturated carbocycles. The molecule has 19 heavy (non-hydrogen) atoms. The first-order valence-corrected chi connectivity index (χ1v) is 5.71. The number of rotatable bonds is 2. The van der Waals surface area contributed by atoms with E-state index in [0.717, 1.165) is 10.9 Å². The maximum absolute atomic E-state index is 10.6. The topological polar surface area (TPSA) is 68.9 Å². The molecular weight excluding hydrogens is 242 g/mol. The van der Waals surface area contributed by atoms with Crippen LogP contribution in [0.5, 0.6) is 0 Å². The van der Waals surface area contributed by atoms with E-state index in [1.54, 1.807) is 6.07 Å². The molecule has 0 saturated heterocycles. The lowest BCUT2D eigenvalue weighted by Crippen LogP contribution is -1.91. The molecule has 2 aromatic heterocycles. The van der Waals surface area contributed by atoms with Crippen LogP contribution in [0.15, 0.2) is 54.7 Å². The van der Waals surface area contributed by atoms with E-state index >= 15 is 0 Å². The summed E-state index contributed by atoms with van der Waals surface area (Å²) in [4.78, 5) is 18.7. The number of nitrogens with zero attached hydrogens (tertiary/aromatic N) is 3. The lowest BCUT2D eigenvalue weighted by Gasteiger charge is -2.02. The van der Waals surface area contributed by atoms with Gasteiger partial charge in [0.15, 0.2) is 0 Å². The number of aromatic nitrogens is 2. The molecule has 5 nitrogen and oxygen atoms in total. The summed E-state index contributed by atoms with van der Waals surface area (Å²) in [5.74, 6) is 0. The average Bonchev–Trinajstić information content (AvgIpc) is 2.47. The van der Waals surface area contributed by atoms with Crippen molar-refractivity contribution in [3.63, 3.8) is 0 Å². The van der Waals surface area contributed by atoms with Crippen LogP contribution in [0.25, 0.3) is 22.3 Å². The van der Waals surface area contributed by atoms with Gasteiger partial charge >= 0.3 is 0 Å². The third-order valence-corrected chi connectivity index (χ3v) is 2.82. The number of benzene rings is 1. The zero-order valence-corrected chi connectivity index (χ0v) is 9.85. The van der Waals surface area contributed by atoms with Gasteiger partial charge in [0.05, 0.1) is 21.8 Å². The molecule has 0 aliphatic heterocycles. The zero-order valence-electron chi connectivity index (χ0n) is 9.85. The molecular formula is C14H9N3O2. The summed E-state index contributed by atoms with van der Waals surface area (Å²) >= 11 is 0. The van der Waals surface area contributed by atoms with E-state index in [1.807, 2.05) is 36.4 Å². The lowest BCUT2D eigenvalue weighted by atomic mass is 10.1. The number of hydrogen-bond donors (Lipinski definition) is 0. The number of nitro groups is 1. The Balaban J connectivity index is 2.06. The van der Waals surface area contributed by atoms with E-state index in [2.05, 4.69) is 9.97 Å². The van der Waals surface area contributed by atoms with Gasteiger partial charge in [0, 0.05) is 11.5 Å². The smallest absolute Gasteiger partial charge is 0.258 e. The number of para-hydroxylation sites is 1. The Labute approximate surface area is 108 Å². The Morgan fingerprint density at radius 2 is 1.74 bits per heavy atom. The van der Waals surface area contributed by atoms with E-state index in [0.29, 0.717) is 11.4 Å². The molecule has 1 aromatic carbocycles. The predicted molar refractivity (Wildman–Crippen MR) is 71.6 cm³/mol. The van der Waals surface area contributed by atoms with Crippen molar-refractivity contribution in [1.82, 2.24) is 9.97 Å². The number of hydrogen-bond acceptors (Lipinski definition) is 4. The van der Waals surface area contributed by atoms with Gasteiger partial charge in [0.25, 0.3) is 5.69 Å². The largest absolute Gasteiger partial charge is 0.287 e. The molecule has 3 aromatic rings. The predicted octanol–water partition coefficient (Wildman–Crippen LogP) is 3.21. The summed E-state index contributed by atoms with van der Waals surface area (Å²) in [6.45, 7) is 0. The highest BCUT2D eigenvalue weighted by molar-refractivity contribution is 5.80. The van der Waals surface area contributed by atoms with Crippen molar-refractivity contribution in [2.24, 2.45) is 0 Å². The molecule has 0 aliphatic rings. The van der Waals surface area contributed by atoms with Gasteiger partial charge in [-0.25, -0.2) is 9.97 Å². The minimum absolute atomic E-state index is 0.0236. The number of pyridine rings is 2. The van der Waals surface area contributed by atoms with Crippen LogP contribution in [0.3, 0.4) is 0 Å². The maximum Gasteiger partial charge on any atom is 0.287 e. The van der Waals surface area contributed by atoms with Crippen molar-refractivity contribution in [2.75, 3.05) is 0 Å². The highest BCUT2D eigenvalue weighted by atomic mass is 16.6. The monoisotopic (exact) mass is 251 g/mol. The van der Waals surface area contributed by atoms with E-state index in [9.17, 15) is 10.1 Å². The summed E-state index contributed by atoms with van der Waals surface area (Å²) in [7, 11) is 0. The van der Waals surface area contributed by atoms with Crippen molar-refractivity contribution in [1.29, 1.82) is 0 Å². The molecule has 0 aliphatic carbocycles. The van der Waals surface area contributed by atoms with Gasteiger partial charge in [-0.3, -0.25) is 10.1 Å². The molecule has 5 heteroatoms. The molecule has 92 valence electrons. The Morgan fingerprint density at radius 1 is 0.947 bits per heavy atom. The van der Waals surface area contributed by atoms with Crippen LogP contribution in [0.1, 0.15) is 0 Å². The van der Waals surface area contributed by atoms with Crippen LogP contribution in [0.2, 0.25) is 0 Å².